The Bertz CT molecular complexity index is 876. The van der Waals surface area contributed by atoms with Gasteiger partial charge in [0.05, 0.1) is 12.2 Å². The average Bonchev–Trinajstić information content (AvgIpc) is 3.19. The van der Waals surface area contributed by atoms with Gasteiger partial charge in [0, 0.05) is 46.5 Å². The highest BCUT2D eigenvalue weighted by atomic mass is 15.4. The van der Waals surface area contributed by atoms with Crippen LogP contribution >= 0.6 is 0 Å². The van der Waals surface area contributed by atoms with Crippen LogP contribution < -0.4 is 5.32 Å². The molecule has 0 aliphatic rings. The molecule has 0 unspecified atom stereocenters. The van der Waals surface area contributed by atoms with Gasteiger partial charge in [-0.05, 0) is 18.6 Å². The number of rotatable bonds is 5. The number of hydrogen-bond acceptors (Lipinski definition) is 4. The summed E-state index contributed by atoms with van der Waals surface area (Å²) in [5.41, 5.74) is 3.26. The highest BCUT2D eigenvalue weighted by Gasteiger charge is 2.10. The van der Waals surface area contributed by atoms with Crippen LogP contribution in [0, 0.1) is 6.92 Å². The highest BCUT2D eigenvalue weighted by molar-refractivity contribution is 5.79. The molecule has 0 amide bonds. The van der Waals surface area contributed by atoms with Crippen molar-refractivity contribution in [3.05, 3.63) is 47.9 Å². The van der Waals surface area contributed by atoms with Gasteiger partial charge in [0.2, 0.25) is 0 Å². The number of aryl methyl sites for hydroxylation is 2. The summed E-state index contributed by atoms with van der Waals surface area (Å²) in [6, 6.07) is 4.11. The first-order valence-corrected chi connectivity index (χ1v) is 8.26. The number of fused-ring (bicyclic) bond motifs is 1. The maximum Gasteiger partial charge on any atom is 0.193 e. The van der Waals surface area contributed by atoms with Gasteiger partial charge in [-0.25, -0.2) is 9.97 Å². The molecule has 0 bridgehead atoms. The molecular weight excluding hydrogens is 316 g/mol. The van der Waals surface area contributed by atoms with Crippen molar-refractivity contribution in [2.24, 2.45) is 12.0 Å². The molecule has 3 aromatic rings. The number of pyridine rings is 1. The van der Waals surface area contributed by atoms with Crippen LogP contribution in [0.15, 0.2) is 35.8 Å². The fraction of sp³-hybridized carbons (Fsp3) is 0.412. The zero-order chi connectivity index (χ0) is 17.8. The lowest BCUT2D eigenvalue weighted by Crippen LogP contribution is -2.39. The molecule has 132 valence electrons. The minimum Gasteiger partial charge on any atom is -0.356 e. The van der Waals surface area contributed by atoms with Crippen molar-refractivity contribution in [2.75, 3.05) is 20.6 Å². The van der Waals surface area contributed by atoms with Crippen LogP contribution in [0.1, 0.15) is 17.1 Å². The quantitative estimate of drug-likeness (QED) is 0.554. The van der Waals surface area contributed by atoms with Crippen molar-refractivity contribution in [1.29, 1.82) is 0 Å². The van der Waals surface area contributed by atoms with E-state index in [0.717, 1.165) is 36.1 Å². The maximum atomic E-state index is 4.70. The third-order valence-corrected chi connectivity index (χ3v) is 4.15. The minimum absolute atomic E-state index is 0.643. The molecule has 0 aliphatic heterocycles. The number of nitrogens with one attached hydrogen (secondary N) is 1. The van der Waals surface area contributed by atoms with Crippen LogP contribution in [0.4, 0.5) is 0 Å². The summed E-state index contributed by atoms with van der Waals surface area (Å²) in [4.78, 5) is 15.3. The van der Waals surface area contributed by atoms with Crippen molar-refractivity contribution in [2.45, 2.75) is 19.9 Å². The van der Waals surface area contributed by atoms with Crippen LogP contribution in [0.25, 0.3) is 5.65 Å². The molecule has 0 saturated carbocycles. The summed E-state index contributed by atoms with van der Waals surface area (Å²) in [6.45, 7) is 3.48. The Hall–Kier alpha value is -2.90. The van der Waals surface area contributed by atoms with Gasteiger partial charge in [-0.2, -0.15) is 5.10 Å². The van der Waals surface area contributed by atoms with Crippen molar-refractivity contribution in [1.82, 2.24) is 34.4 Å². The first-order chi connectivity index (χ1) is 12.1. The second-order valence-corrected chi connectivity index (χ2v) is 6.03. The number of aliphatic imine (C=N–C) groups is 1. The second-order valence-electron chi connectivity index (χ2n) is 6.03. The summed E-state index contributed by atoms with van der Waals surface area (Å²) in [5, 5.41) is 7.47. The van der Waals surface area contributed by atoms with Crippen LogP contribution in [-0.2, 0) is 20.0 Å². The van der Waals surface area contributed by atoms with Crippen molar-refractivity contribution >= 4 is 11.6 Å². The number of hydrogen-bond donors (Lipinski definition) is 1. The third kappa shape index (κ3) is 3.78. The third-order valence-electron chi connectivity index (χ3n) is 4.15. The van der Waals surface area contributed by atoms with Gasteiger partial charge in [-0.1, -0.05) is 6.07 Å². The number of imidazole rings is 1. The first kappa shape index (κ1) is 16.9. The number of aromatic nitrogens is 5. The summed E-state index contributed by atoms with van der Waals surface area (Å²) < 4.78 is 3.84. The molecule has 8 nitrogen and oxygen atoms in total. The Morgan fingerprint density at radius 2 is 2.24 bits per heavy atom. The monoisotopic (exact) mass is 340 g/mol. The van der Waals surface area contributed by atoms with Gasteiger partial charge >= 0.3 is 0 Å². The lowest BCUT2D eigenvalue weighted by molar-refractivity contribution is 0.449. The topological polar surface area (TPSA) is 75.6 Å². The maximum absolute atomic E-state index is 4.70. The molecule has 0 saturated heterocycles. The molecule has 8 heteroatoms. The van der Waals surface area contributed by atoms with Crippen LogP contribution in [0.3, 0.4) is 0 Å². The Kier molecular flexibility index (Phi) is 4.97. The van der Waals surface area contributed by atoms with Gasteiger partial charge < -0.3 is 14.6 Å². The molecule has 3 rings (SSSR count). The largest absolute Gasteiger partial charge is 0.356 e. The van der Waals surface area contributed by atoms with E-state index in [1.54, 1.807) is 18.1 Å². The molecule has 3 aromatic heterocycles. The number of nitrogens with zero attached hydrogens (tertiary/aromatic N) is 7. The molecule has 0 aromatic carbocycles. The predicted octanol–water partition coefficient (Wildman–Crippen LogP) is 1.02. The van der Waals surface area contributed by atoms with E-state index >= 15 is 0 Å². The van der Waals surface area contributed by atoms with Gasteiger partial charge in [-0.15, -0.1) is 0 Å². The van der Waals surface area contributed by atoms with Gasteiger partial charge in [0.25, 0.3) is 0 Å². The summed E-state index contributed by atoms with van der Waals surface area (Å²) in [6.07, 6.45) is 6.50. The van der Waals surface area contributed by atoms with Crippen LogP contribution in [0.5, 0.6) is 0 Å². The lowest BCUT2D eigenvalue weighted by atomic mass is 10.3. The zero-order valence-electron chi connectivity index (χ0n) is 15.1. The molecule has 0 radical (unpaired) electrons. The molecule has 3 heterocycles. The van der Waals surface area contributed by atoms with Crippen LogP contribution in [0.2, 0.25) is 0 Å². The average molecular weight is 340 g/mol. The second kappa shape index (κ2) is 7.33. The summed E-state index contributed by atoms with van der Waals surface area (Å²) in [5.74, 6) is 1.71. The normalized spacial score (nSPS) is 11.9. The van der Waals surface area contributed by atoms with Crippen molar-refractivity contribution in [3.63, 3.8) is 0 Å². The minimum atomic E-state index is 0.643. The van der Waals surface area contributed by atoms with Crippen molar-refractivity contribution in [3.8, 4) is 0 Å². The fourth-order valence-corrected chi connectivity index (χ4v) is 2.76. The highest BCUT2D eigenvalue weighted by Crippen LogP contribution is 2.10. The zero-order valence-corrected chi connectivity index (χ0v) is 15.1. The van der Waals surface area contributed by atoms with E-state index in [-0.39, 0.29) is 0 Å². The van der Waals surface area contributed by atoms with Gasteiger partial charge in [0.1, 0.15) is 17.8 Å². The Morgan fingerprint density at radius 1 is 1.40 bits per heavy atom. The van der Waals surface area contributed by atoms with E-state index in [9.17, 15) is 0 Å². The molecule has 0 aliphatic carbocycles. The lowest BCUT2D eigenvalue weighted by Gasteiger charge is -2.21. The van der Waals surface area contributed by atoms with E-state index in [1.807, 2.05) is 31.3 Å². The van der Waals surface area contributed by atoms with E-state index in [4.69, 9.17) is 4.98 Å². The van der Waals surface area contributed by atoms with Gasteiger partial charge in [0.15, 0.2) is 5.96 Å². The van der Waals surface area contributed by atoms with Crippen LogP contribution in [-0.4, -0.2) is 55.6 Å². The number of guanidine groups is 1. The van der Waals surface area contributed by atoms with E-state index < -0.39 is 0 Å². The SMILES string of the molecule is CN=C(NCCc1cn2cccc(C)c2n1)N(C)Cc1ncnn1C. The molecule has 0 spiro atoms. The fourth-order valence-electron chi connectivity index (χ4n) is 2.76. The standard InChI is InChI=1S/C17H24N8/c1-13-6-5-9-25-10-14(22-16(13)25)7-8-19-17(18-2)23(3)11-15-20-12-21-24(15)4/h5-6,9-10,12H,7-8,11H2,1-4H3,(H,18,19). The van der Waals surface area contributed by atoms with E-state index in [1.165, 1.54) is 5.56 Å². The van der Waals surface area contributed by atoms with Crippen molar-refractivity contribution < 1.29 is 0 Å². The summed E-state index contributed by atoms with van der Waals surface area (Å²) in [7, 11) is 5.65. The first-order valence-electron chi connectivity index (χ1n) is 8.26. The Labute approximate surface area is 147 Å². The van der Waals surface area contributed by atoms with E-state index in [0.29, 0.717) is 6.54 Å². The molecule has 0 fully saturated rings. The molecule has 0 atom stereocenters. The Balaban J connectivity index is 1.57. The van der Waals surface area contributed by atoms with E-state index in [2.05, 4.69) is 44.0 Å². The predicted molar refractivity (Wildman–Crippen MR) is 97.5 cm³/mol. The molecule has 1 N–H and O–H groups in total. The molecule has 25 heavy (non-hydrogen) atoms. The smallest absolute Gasteiger partial charge is 0.193 e. The molecular formula is C17H24N8. The summed E-state index contributed by atoms with van der Waals surface area (Å²) >= 11 is 0. The van der Waals surface area contributed by atoms with Gasteiger partial charge in [-0.3, -0.25) is 9.67 Å². The Morgan fingerprint density at radius 3 is 2.92 bits per heavy atom.